The molecule has 6 nitrogen and oxygen atoms in total. The van der Waals surface area contributed by atoms with Gasteiger partial charge in [0.15, 0.2) is 0 Å². The molecule has 0 saturated carbocycles. The molecule has 19 heavy (non-hydrogen) atoms. The van der Waals surface area contributed by atoms with Gasteiger partial charge < -0.3 is 14.7 Å². The second-order valence-electron chi connectivity index (χ2n) is 3.56. The Hall–Kier alpha value is -1.46. The van der Waals surface area contributed by atoms with Crippen LogP contribution in [-0.4, -0.2) is 32.0 Å². The van der Waals surface area contributed by atoms with Crippen LogP contribution >= 0.6 is 0 Å². The first-order valence-corrected chi connectivity index (χ1v) is 6.59. The van der Waals surface area contributed by atoms with E-state index in [0.29, 0.717) is 12.1 Å². The standard InChI is InChI=1S/C8H9BF3NO5S/c1-19(16,17)13-6-2-5(8(10,11)12)3-7(4-6)18-9(14)15/h2-4,13-15H,1H3. The molecule has 11 heteroatoms. The van der Waals surface area contributed by atoms with E-state index in [0.717, 1.165) is 12.3 Å². The van der Waals surface area contributed by atoms with Crippen molar-refractivity contribution in [2.24, 2.45) is 0 Å². The van der Waals surface area contributed by atoms with E-state index in [1.165, 1.54) is 0 Å². The van der Waals surface area contributed by atoms with E-state index < -0.39 is 40.5 Å². The van der Waals surface area contributed by atoms with E-state index in [1.807, 2.05) is 4.72 Å². The van der Waals surface area contributed by atoms with Gasteiger partial charge in [-0.25, -0.2) is 8.42 Å². The van der Waals surface area contributed by atoms with Crippen LogP contribution in [0.2, 0.25) is 0 Å². The van der Waals surface area contributed by atoms with Crippen LogP contribution in [0.25, 0.3) is 0 Å². The summed E-state index contributed by atoms with van der Waals surface area (Å²) in [5.74, 6) is -0.545. The Morgan fingerprint density at radius 3 is 2.26 bits per heavy atom. The summed E-state index contributed by atoms with van der Waals surface area (Å²) >= 11 is 0. The van der Waals surface area contributed by atoms with E-state index in [2.05, 4.69) is 4.65 Å². The number of hydrogen-bond donors (Lipinski definition) is 3. The maximum absolute atomic E-state index is 12.6. The minimum atomic E-state index is -4.74. The number of alkyl halides is 3. The van der Waals surface area contributed by atoms with Crippen molar-refractivity contribution in [3.8, 4) is 5.75 Å². The largest absolute Gasteiger partial charge is 0.707 e. The monoisotopic (exact) mass is 299 g/mol. The molecule has 1 aromatic carbocycles. The fourth-order valence-electron chi connectivity index (χ4n) is 1.23. The summed E-state index contributed by atoms with van der Waals surface area (Å²) in [5, 5.41) is 17.1. The van der Waals surface area contributed by atoms with Gasteiger partial charge in [-0.1, -0.05) is 0 Å². The molecule has 0 aliphatic rings. The maximum Gasteiger partial charge on any atom is 0.707 e. The summed E-state index contributed by atoms with van der Waals surface area (Å²) in [6, 6.07) is 1.94. The first-order valence-electron chi connectivity index (χ1n) is 4.70. The van der Waals surface area contributed by atoms with Crippen LogP contribution in [0, 0.1) is 0 Å². The summed E-state index contributed by atoms with van der Waals surface area (Å²) in [5.41, 5.74) is -1.61. The van der Waals surface area contributed by atoms with Crippen LogP contribution in [0.3, 0.4) is 0 Å². The zero-order valence-electron chi connectivity index (χ0n) is 9.47. The highest BCUT2D eigenvalue weighted by molar-refractivity contribution is 7.92. The van der Waals surface area contributed by atoms with Crippen LogP contribution in [-0.2, 0) is 16.2 Å². The van der Waals surface area contributed by atoms with Crippen molar-refractivity contribution in [1.29, 1.82) is 0 Å². The second kappa shape index (κ2) is 5.27. The third kappa shape index (κ3) is 5.36. The van der Waals surface area contributed by atoms with Gasteiger partial charge in [0.25, 0.3) is 0 Å². The lowest BCUT2D eigenvalue weighted by Crippen LogP contribution is -2.21. The second-order valence-corrected chi connectivity index (χ2v) is 5.31. The van der Waals surface area contributed by atoms with Gasteiger partial charge in [0.1, 0.15) is 5.75 Å². The van der Waals surface area contributed by atoms with E-state index in [1.54, 1.807) is 0 Å². The van der Waals surface area contributed by atoms with Crippen molar-refractivity contribution in [1.82, 2.24) is 0 Å². The molecule has 1 aromatic rings. The first-order chi connectivity index (χ1) is 8.47. The molecule has 0 aliphatic heterocycles. The average Bonchev–Trinajstić information content (AvgIpc) is 2.11. The minimum absolute atomic E-state index is 0.409. The number of anilines is 1. The lowest BCUT2D eigenvalue weighted by molar-refractivity contribution is -0.137. The van der Waals surface area contributed by atoms with Gasteiger partial charge >= 0.3 is 13.5 Å². The van der Waals surface area contributed by atoms with Gasteiger partial charge in [-0.15, -0.1) is 0 Å². The number of hydrogen-bond acceptors (Lipinski definition) is 5. The van der Waals surface area contributed by atoms with Crippen molar-refractivity contribution in [2.45, 2.75) is 6.18 Å². The summed E-state index contributed by atoms with van der Waals surface area (Å²) in [6.07, 6.45) is -3.98. The molecule has 0 unspecified atom stereocenters. The molecule has 0 amide bonds. The number of rotatable bonds is 4. The molecule has 0 fully saturated rings. The smallest absolute Gasteiger partial charge is 0.512 e. The van der Waals surface area contributed by atoms with Crippen LogP contribution in [0.15, 0.2) is 18.2 Å². The molecular formula is C8H9BF3NO5S. The lowest BCUT2D eigenvalue weighted by atomic mass is 10.1. The van der Waals surface area contributed by atoms with Gasteiger partial charge in [0.05, 0.1) is 17.5 Å². The Balaban J connectivity index is 3.24. The van der Waals surface area contributed by atoms with E-state index in [9.17, 15) is 21.6 Å². The predicted molar refractivity (Wildman–Crippen MR) is 60.7 cm³/mol. The number of benzene rings is 1. The topological polar surface area (TPSA) is 95.9 Å². The minimum Gasteiger partial charge on any atom is -0.512 e. The van der Waals surface area contributed by atoms with Crippen LogP contribution in [0.4, 0.5) is 18.9 Å². The zero-order valence-corrected chi connectivity index (χ0v) is 10.3. The molecule has 1 rings (SSSR count). The Morgan fingerprint density at radius 2 is 1.84 bits per heavy atom. The van der Waals surface area contributed by atoms with E-state index >= 15 is 0 Å². The quantitative estimate of drug-likeness (QED) is 0.701. The van der Waals surface area contributed by atoms with Crippen LogP contribution in [0.5, 0.6) is 5.75 Å². The summed E-state index contributed by atoms with van der Waals surface area (Å²) < 4.78 is 65.7. The molecule has 0 saturated heterocycles. The number of nitrogens with one attached hydrogen (secondary N) is 1. The highest BCUT2D eigenvalue weighted by atomic mass is 32.2. The molecule has 0 aliphatic carbocycles. The van der Waals surface area contributed by atoms with Crippen molar-refractivity contribution >= 4 is 23.0 Å². The molecular weight excluding hydrogens is 290 g/mol. The highest BCUT2D eigenvalue weighted by Gasteiger charge is 2.32. The van der Waals surface area contributed by atoms with Crippen molar-refractivity contribution in [3.05, 3.63) is 23.8 Å². The van der Waals surface area contributed by atoms with Crippen LogP contribution in [0.1, 0.15) is 5.56 Å². The van der Waals surface area contributed by atoms with Crippen molar-refractivity contribution in [2.75, 3.05) is 11.0 Å². The Morgan fingerprint density at radius 1 is 1.26 bits per heavy atom. The third-order valence-corrected chi connectivity index (χ3v) is 2.39. The molecule has 0 bridgehead atoms. The molecule has 3 N–H and O–H groups in total. The van der Waals surface area contributed by atoms with E-state index in [4.69, 9.17) is 10.0 Å². The number of halogens is 3. The number of sulfonamides is 1. The fourth-order valence-corrected chi connectivity index (χ4v) is 1.77. The van der Waals surface area contributed by atoms with E-state index in [-0.39, 0.29) is 0 Å². The van der Waals surface area contributed by atoms with Gasteiger partial charge in [0, 0.05) is 6.07 Å². The first kappa shape index (κ1) is 15.6. The third-order valence-electron chi connectivity index (χ3n) is 1.78. The summed E-state index contributed by atoms with van der Waals surface area (Å²) in [6.45, 7) is 0. The molecule has 106 valence electrons. The van der Waals surface area contributed by atoms with Crippen LogP contribution < -0.4 is 9.38 Å². The summed E-state index contributed by atoms with van der Waals surface area (Å²) in [7, 11) is -6.11. The average molecular weight is 299 g/mol. The van der Waals surface area contributed by atoms with Gasteiger partial charge in [-0.05, 0) is 12.1 Å². The van der Waals surface area contributed by atoms with Gasteiger partial charge in [-0.2, -0.15) is 13.2 Å². The molecule has 0 radical (unpaired) electrons. The Bertz CT molecular complexity index is 560. The zero-order chi connectivity index (χ0) is 14.8. The van der Waals surface area contributed by atoms with Gasteiger partial charge in [-0.3, -0.25) is 4.72 Å². The fraction of sp³-hybridized carbons (Fsp3) is 0.250. The molecule has 0 aromatic heterocycles. The Kier molecular flexibility index (Phi) is 4.33. The molecule has 0 spiro atoms. The van der Waals surface area contributed by atoms with Crippen molar-refractivity contribution in [3.63, 3.8) is 0 Å². The SMILES string of the molecule is CS(=O)(=O)Nc1cc(OB(O)O)cc(C(F)(F)F)c1. The Labute approximate surface area is 107 Å². The molecule has 0 heterocycles. The van der Waals surface area contributed by atoms with Gasteiger partial charge in [0.2, 0.25) is 10.0 Å². The van der Waals surface area contributed by atoms with Crippen molar-refractivity contribution < 1.29 is 36.3 Å². The molecule has 0 atom stereocenters. The highest BCUT2D eigenvalue weighted by Crippen LogP contribution is 2.34. The normalized spacial score (nSPS) is 12.1. The summed E-state index contributed by atoms with van der Waals surface area (Å²) in [4.78, 5) is 0. The maximum atomic E-state index is 12.6. The lowest BCUT2D eigenvalue weighted by Gasteiger charge is -2.13. The predicted octanol–water partition coefficient (Wildman–Crippen LogP) is 0.425.